The molecular weight excluding hydrogens is 348 g/mol. The minimum absolute atomic E-state index is 0. The Kier molecular flexibility index (Phi) is 8.62. The Labute approximate surface area is 162 Å². The van der Waals surface area contributed by atoms with E-state index in [9.17, 15) is 4.79 Å². The Bertz CT molecular complexity index is 689. The van der Waals surface area contributed by atoms with Crippen LogP contribution in [-0.4, -0.2) is 37.6 Å². The lowest BCUT2D eigenvalue weighted by Crippen LogP contribution is -2.40. The summed E-state index contributed by atoms with van der Waals surface area (Å²) in [6.07, 6.45) is 0.347. The average molecular weight is 377 g/mol. The van der Waals surface area contributed by atoms with E-state index in [1.807, 2.05) is 49.5 Å². The van der Waals surface area contributed by atoms with Crippen molar-refractivity contribution < 1.29 is 9.53 Å². The van der Waals surface area contributed by atoms with Gasteiger partial charge in [-0.15, -0.1) is 12.4 Å². The number of nitrogens with zero attached hydrogens (tertiary/aromatic N) is 1. The van der Waals surface area contributed by atoms with Crippen LogP contribution < -0.4 is 10.5 Å². The van der Waals surface area contributed by atoms with Crippen LogP contribution in [0.1, 0.15) is 20.3 Å². The molecule has 2 aromatic carbocycles. The summed E-state index contributed by atoms with van der Waals surface area (Å²) >= 11 is 0. The minimum atomic E-state index is -0.0782. The van der Waals surface area contributed by atoms with Crippen molar-refractivity contribution in [2.75, 3.05) is 26.7 Å². The van der Waals surface area contributed by atoms with Gasteiger partial charge in [0.15, 0.2) is 0 Å². The van der Waals surface area contributed by atoms with Gasteiger partial charge in [0.25, 0.3) is 0 Å². The smallest absolute Gasteiger partial charge is 0.225 e. The number of para-hydroxylation sites is 1. The molecule has 0 bridgehead atoms. The molecule has 0 unspecified atom stereocenters. The summed E-state index contributed by atoms with van der Waals surface area (Å²) in [5.41, 5.74) is 7.80. The third kappa shape index (κ3) is 6.36. The molecule has 2 aromatic rings. The number of halogens is 1. The quantitative estimate of drug-likeness (QED) is 0.757. The van der Waals surface area contributed by atoms with Crippen molar-refractivity contribution in [1.82, 2.24) is 4.90 Å². The maximum Gasteiger partial charge on any atom is 0.225 e. The van der Waals surface area contributed by atoms with Gasteiger partial charge in [0.05, 0.1) is 13.0 Å². The van der Waals surface area contributed by atoms with E-state index in [1.54, 1.807) is 4.90 Å². The molecule has 0 aliphatic rings. The molecule has 0 saturated carbocycles. The largest absolute Gasteiger partial charge is 0.492 e. The van der Waals surface area contributed by atoms with Gasteiger partial charge in [0.1, 0.15) is 5.75 Å². The van der Waals surface area contributed by atoms with Crippen LogP contribution in [0.2, 0.25) is 0 Å². The summed E-state index contributed by atoms with van der Waals surface area (Å²) in [6.45, 7) is 5.66. The number of nitrogens with two attached hydrogens (primary N) is 1. The summed E-state index contributed by atoms with van der Waals surface area (Å²) in [6, 6.07) is 18.0. The first kappa shape index (κ1) is 22.0. The molecule has 2 rings (SSSR count). The second-order valence-electron chi connectivity index (χ2n) is 7.08. The van der Waals surface area contributed by atoms with E-state index >= 15 is 0 Å². The van der Waals surface area contributed by atoms with Gasteiger partial charge in [-0.3, -0.25) is 4.79 Å². The molecule has 0 fully saturated rings. The molecular formula is C21H29ClN2O2. The topological polar surface area (TPSA) is 55.6 Å². The third-order valence-electron chi connectivity index (χ3n) is 4.19. The summed E-state index contributed by atoms with van der Waals surface area (Å²) in [5, 5.41) is 0. The maximum absolute atomic E-state index is 12.3. The number of rotatable bonds is 8. The zero-order chi connectivity index (χ0) is 18.3. The number of amides is 1. The van der Waals surface area contributed by atoms with Crippen LogP contribution in [-0.2, 0) is 4.79 Å². The van der Waals surface area contributed by atoms with E-state index in [1.165, 1.54) is 0 Å². The summed E-state index contributed by atoms with van der Waals surface area (Å²) in [7, 11) is 1.82. The SMILES string of the molecule is CN(CC(C)(C)CN)C(=O)CCOc1ccccc1-c1ccccc1.Cl. The van der Waals surface area contributed by atoms with Gasteiger partial charge in [0, 0.05) is 19.2 Å². The van der Waals surface area contributed by atoms with Gasteiger partial charge >= 0.3 is 0 Å². The average Bonchev–Trinajstić information content (AvgIpc) is 2.62. The van der Waals surface area contributed by atoms with Crippen LogP contribution in [0, 0.1) is 5.41 Å². The fourth-order valence-corrected chi connectivity index (χ4v) is 2.68. The van der Waals surface area contributed by atoms with Gasteiger partial charge in [-0.1, -0.05) is 62.4 Å². The van der Waals surface area contributed by atoms with Crippen molar-refractivity contribution in [1.29, 1.82) is 0 Å². The lowest BCUT2D eigenvalue weighted by Gasteiger charge is -2.29. The van der Waals surface area contributed by atoms with Gasteiger partial charge in [-0.05, 0) is 23.6 Å². The lowest BCUT2D eigenvalue weighted by molar-refractivity contribution is -0.131. The highest BCUT2D eigenvalue weighted by molar-refractivity contribution is 5.85. The molecule has 0 radical (unpaired) electrons. The van der Waals surface area contributed by atoms with Crippen LogP contribution in [0.5, 0.6) is 5.75 Å². The number of hydrogen-bond donors (Lipinski definition) is 1. The highest BCUT2D eigenvalue weighted by Crippen LogP contribution is 2.29. The Morgan fingerprint density at radius 3 is 2.35 bits per heavy atom. The number of carbonyl (C=O) groups is 1. The van der Waals surface area contributed by atoms with Crippen molar-refractivity contribution in [3.05, 3.63) is 54.6 Å². The van der Waals surface area contributed by atoms with Crippen LogP contribution in [0.15, 0.2) is 54.6 Å². The zero-order valence-electron chi connectivity index (χ0n) is 15.8. The lowest BCUT2D eigenvalue weighted by atomic mass is 9.93. The third-order valence-corrected chi connectivity index (χ3v) is 4.19. The van der Waals surface area contributed by atoms with E-state index in [-0.39, 0.29) is 23.7 Å². The van der Waals surface area contributed by atoms with Gasteiger partial charge in [-0.2, -0.15) is 0 Å². The van der Waals surface area contributed by atoms with E-state index in [2.05, 4.69) is 26.0 Å². The van der Waals surface area contributed by atoms with Crippen molar-refractivity contribution >= 4 is 18.3 Å². The molecule has 0 heterocycles. The second kappa shape index (κ2) is 10.2. The van der Waals surface area contributed by atoms with Crippen molar-refractivity contribution in [2.24, 2.45) is 11.1 Å². The molecule has 0 spiro atoms. The van der Waals surface area contributed by atoms with E-state index in [4.69, 9.17) is 10.5 Å². The molecule has 0 aliphatic carbocycles. The standard InChI is InChI=1S/C21H28N2O2.ClH/c1-21(2,15-22)16-23(3)20(24)13-14-25-19-12-8-7-11-18(19)17-9-5-4-6-10-17;/h4-12H,13-16,22H2,1-3H3;1H. The van der Waals surface area contributed by atoms with Crippen LogP contribution in [0.25, 0.3) is 11.1 Å². The Balaban J connectivity index is 0.00000338. The maximum atomic E-state index is 12.3. The summed E-state index contributed by atoms with van der Waals surface area (Å²) < 4.78 is 5.90. The summed E-state index contributed by atoms with van der Waals surface area (Å²) in [5.74, 6) is 0.866. The van der Waals surface area contributed by atoms with Crippen molar-refractivity contribution in [3.8, 4) is 16.9 Å². The van der Waals surface area contributed by atoms with Gasteiger partial charge in [0.2, 0.25) is 5.91 Å². The molecule has 0 atom stereocenters. The van der Waals surface area contributed by atoms with Gasteiger partial charge < -0.3 is 15.4 Å². The van der Waals surface area contributed by atoms with Crippen molar-refractivity contribution in [2.45, 2.75) is 20.3 Å². The molecule has 142 valence electrons. The first-order chi connectivity index (χ1) is 11.9. The Morgan fingerprint density at radius 2 is 1.69 bits per heavy atom. The fraction of sp³-hybridized carbons (Fsp3) is 0.381. The second-order valence-corrected chi connectivity index (χ2v) is 7.08. The molecule has 1 amide bonds. The highest BCUT2D eigenvalue weighted by Gasteiger charge is 2.21. The molecule has 2 N–H and O–H groups in total. The number of benzene rings is 2. The highest BCUT2D eigenvalue weighted by atomic mass is 35.5. The number of ether oxygens (including phenoxy) is 1. The molecule has 5 heteroatoms. The molecule has 0 aliphatic heterocycles. The van der Waals surface area contributed by atoms with E-state index in [0.29, 0.717) is 26.1 Å². The first-order valence-electron chi connectivity index (χ1n) is 8.64. The predicted octanol–water partition coefficient (Wildman–Crippen LogP) is 3.99. The summed E-state index contributed by atoms with van der Waals surface area (Å²) in [4.78, 5) is 14.0. The fourth-order valence-electron chi connectivity index (χ4n) is 2.68. The van der Waals surface area contributed by atoms with Crippen LogP contribution >= 0.6 is 12.4 Å². The van der Waals surface area contributed by atoms with Crippen LogP contribution in [0.4, 0.5) is 0 Å². The number of hydrogen-bond acceptors (Lipinski definition) is 3. The Hall–Kier alpha value is -2.04. The minimum Gasteiger partial charge on any atom is -0.492 e. The molecule has 26 heavy (non-hydrogen) atoms. The first-order valence-corrected chi connectivity index (χ1v) is 8.64. The van der Waals surface area contributed by atoms with Crippen molar-refractivity contribution in [3.63, 3.8) is 0 Å². The van der Waals surface area contributed by atoms with E-state index in [0.717, 1.165) is 16.9 Å². The molecule has 0 aromatic heterocycles. The molecule has 0 saturated heterocycles. The molecule has 4 nitrogen and oxygen atoms in total. The van der Waals surface area contributed by atoms with Gasteiger partial charge in [-0.25, -0.2) is 0 Å². The van der Waals surface area contributed by atoms with E-state index < -0.39 is 0 Å². The Morgan fingerprint density at radius 1 is 1.08 bits per heavy atom. The normalized spacial score (nSPS) is 10.8. The zero-order valence-corrected chi connectivity index (χ0v) is 16.6. The monoisotopic (exact) mass is 376 g/mol. The van der Waals surface area contributed by atoms with Crippen LogP contribution in [0.3, 0.4) is 0 Å². The number of carbonyl (C=O) groups excluding carboxylic acids is 1. The predicted molar refractivity (Wildman–Crippen MR) is 110 cm³/mol.